The number of nitro groups is 1. The predicted octanol–water partition coefficient (Wildman–Crippen LogP) is 3.56. The smallest absolute Gasteiger partial charge is 0.258 e. The lowest BCUT2D eigenvalue weighted by molar-refractivity contribution is -0.385. The minimum absolute atomic E-state index is 0.323. The number of nitrogens with zero attached hydrogens (tertiary/aromatic N) is 4. The van der Waals surface area contributed by atoms with E-state index in [4.69, 9.17) is 5.53 Å². The molecule has 0 amide bonds. The minimum atomic E-state index is -4.81. The van der Waals surface area contributed by atoms with Gasteiger partial charge in [-0.2, -0.15) is 13.2 Å². The summed E-state index contributed by atoms with van der Waals surface area (Å²) in [5.41, 5.74) is 5.30. The van der Waals surface area contributed by atoms with Gasteiger partial charge in [0.25, 0.3) is 5.69 Å². The van der Waals surface area contributed by atoms with Crippen molar-refractivity contribution in [2.24, 2.45) is 5.11 Å². The van der Waals surface area contributed by atoms with Gasteiger partial charge in [0.15, 0.2) is 0 Å². The van der Waals surface area contributed by atoms with Crippen LogP contribution in [0, 0.1) is 10.1 Å². The molecule has 9 heteroatoms. The van der Waals surface area contributed by atoms with E-state index < -0.39 is 28.0 Å². The van der Waals surface area contributed by atoms with Crippen LogP contribution in [0.5, 0.6) is 0 Å². The topological polar surface area (TPSA) is 91.9 Å². The number of halogens is 3. The summed E-state index contributed by atoms with van der Waals surface area (Å²) in [5, 5.41) is 13.1. The summed E-state index contributed by atoms with van der Waals surface area (Å²) in [5.74, 6) is 0. The normalized spacial score (nSPS) is 10.7. The molecule has 0 saturated carbocycles. The molecule has 0 aromatic heterocycles. The Balaban J connectivity index is 3.44. The van der Waals surface area contributed by atoms with E-state index in [2.05, 4.69) is 10.0 Å². The number of azide groups is 1. The molecule has 1 aromatic carbocycles. The SMILES string of the molecule is [N-]=[N+]=Nc1ccc([N+](=O)[O-])cc1C(F)(F)F. The summed E-state index contributed by atoms with van der Waals surface area (Å²) in [6, 6.07) is 1.91. The third-order valence-electron chi connectivity index (χ3n) is 1.65. The molecule has 0 spiro atoms. The Labute approximate surface area is 86.1 Å². The third kappa shape index (κ3) is 2.39. The van der Waals surface area contributed by atoms with Gasteiger partial charge in [0, 0.05) is 17.0 Å². The van der Waals surface area contributed by atoms with Gasteiger partial charge in [0.1, 0.15) is 0 Å². The molecule has 1 aromatic rings. The molecule has 6 nitrogen and oxygen atoms in total. The number of benzene rings is 1. The van der Waals surface area contributed by atoms with Gasteiger partial charge in [0.2, 0.25) is 0 Å². The van der Waals surface area contributed by atoms with Crippen molar-refractivity contribution in [3.63, 3.8) is 0 Å². The number of nitro benzene ring substituents is 1. The first kappa shape index (κ1) is 11.8. The molecule has 0 fully saturated rings. The Bertz CT molecular complexity index is 479. The number of alkyl halides is 3. The lowest BCUT2D eigenvalue weighted by Gasteiger charge is -2.08. The average Bonchev–Trinajstić information content (AvgIpc) is 2.16. The summed E-state index contributed by atoms with van der Waals surface area (Å²) in [7, 11) is 0. The van der Waals surface area contributed by atoms with Gasteiger partial charge in [0.05, 0.1) is 16.2 Å². The van der Waals surface area contributed by atoms with E-state index in [1.54, 1.807) is 0 Å². The lowest BCUT2D eigenvalue weighted by atomic mass is 10.1. The van der Waals surface area contributed by atoms with E-state index in [0.717, 1.165) is 12.1 Å². The highest BCUT2D eigenvalue weighted by molar-refractivity contribution is 5.53. The first-order valence-corrected chi connectivity index (χ1v) is 3.77. The zero-order valence-electron chi connectivity index (χ0n) is 7.47. The zero-order chi connectivity index (χ0) is 12.3. The van der Waals surface area contributed by atoms with Crippen molar-refractivity contribution >= 4 is 11.4 Å². The largest absolute Gasteiger partial charge is 0.417 e. The van der Waals surface area contributed by atoms with Crippen molar-refractivity contribution in [3.8, 4) is 0 Å². The second kappa shape index (κ2) is 4.07. The molecular formula is C7H3F3N4O2. The molecule has 0 bridgehead atoms. The Morgan fingerprint density at radius 3 is 2.50 bits per heavy atom. The summed E-state index contributed by atoms with van der Waals surface area (Å²) in [6.07, 6.45) is -4.81. The van der Waals surface area contributed by atoms with Crippen LogP contribution in [0.15, 0.2) is 23.3 Å². The van der Waals surface area contributed by atoms with E-state index in [9.17, 15) is 23.3 Å². The number of hydrogen-bond donors (Lipinski definition) is 0. The standard InChI is InChI=1S/C7H3F3N4O2/c8-7(9,10)5-3-4(14(15)16)1-2-6(5)12-13-11/h1-3H. The third-order valence-corrected chi connectivity index (χ3v) is 1.65. The second-order valence-electron chi connectivity index (χ2n) is 2.65. The number of rotatable bonds is 2. The fourth-order valence-corrected chi connectivity index (χ4v) is 1.00. The van der Waals surface area contributed by atoms with E-state index in [-0.39, 0.29) is 0 Å². The van der Waals surface area contributed by atoms with E-state index in [1.807, 2.05) is 0 Å². The molecule has 0 unspecified atom stereocenters. The fourth-order valence-electron chi connectivity index (χ4n) is 1.00. The highest BCUT2D eigenvalue weighted by Crippen LogP contribution is 2.38. The van der Waals surface area contributed by atoms with Gasteiger partial charge in [-0.15, -0.1) is 0 Å². The molecule has 84 valence electrons. The van der Waals surface area contributed by atoms with Crippen LogP contribution in [0.4, 0.5) is 24.5 Å². The molecule has 0 heterocycles. The molecule has 0 aliphatic heterocycles. The number of non-ortho nitro benzene ring substituents is 1. The maximum absolute atomic E-state index is 12.4. The molecule has 0 radical (unpaired) electrons. The van der Waals surface area contributed by atoms with Crippen molar-refractivity contribution in [2.45, 2.75) is 6.18 Å². The molecule has 0 aliphatic carbocycles. The van der Waals surface area contributed by atoms with E-state index in [1.165, 1.54) is 0 Å². The van der Waals surface area contributed by atoms with E-state index in [0.29, 0.717) is 6.07 Å². The average molecular weight is 232 g/mol. The summed E-state index contributed by atoms with van der Waals surface area (Å²) in [4.78, 5) is 11.5. The number of hydrogen-bond acceptors (Lipinski definition) is 3. The Morgan fingerprint density at radius 1 is 1.44 bits per heavy atom. The van der Waals surface area contributed by atoms with Crippen molar-refractivity contribution < 1.29 is 18.1 Å². The first-order valence-electron chi connectivity index (χ1n) is 3.77. The maximum Gasteiger partial charge on any atom is 0.417 e. The fraction of sp³-hybridized carbons (Fsp3) is 0.143. The Morgan fingerprint density at radius 2 is 2.06 bits per heavy atom. The van der Waals surface area contributed by atoms with Crippen LogP contribution in [-0.4, -0.2) is 4.92 Å². The van der Waals surface area contributed by atoms with Crippen LogP contribution in [-0.2, 0) is 6.18 Å². The molecule has 0 N–H and O–H groups in total. The monoisotopic (exact) mass is 232 g/mol. The molecule has 0 atom stereocenters. The maximum atomic E-state index is 12.4. The quantitative estimate of drug-likeness (QED) is 0.256. The molecule has 0 aliphatic rings. The van der Waals surface area contributed by atoms with Gasteiger partial charge >= 0.3 is 6.18 Å². The van der Waals surface area contributed by atoms with Crippen LogP contribution in [0.25, 0.3) is 10.4 Å². The lowest BCUT2D eigenvalue weighted by Crippen LogP contribution is -2.05. The first-order chi connectivity index (χ1) is 7.36. The van der Waals surface area contributed by atoms with Crippen LogP contribution in [0.2, 0.25) is 0 Å². The van der Waals surface area contributed by atoms with Crippen molar-refractivity contribution in [2.75, 3.05) is 0 Å². The molecular weight excluding hydrogens is 229 g/mol. The van der Waals surface area contributed by atoms with Crippen molar-refractivity contribution in [1.82, 2.24) is 0 Å². The predicted molar refractivity (Wildman–Crippen MR) is 46.9 cm³/mol. The van der Waals surface area contributed by atoms with Crippen LogP contribution < -0.4 is 0 Å². The highest BCUT2D eigenvalue weighted by Gasteiger charge is 2.34. The van der Waals surface area contributed by atoms with E-state index >= 15 is 0 Å². The Kier molecular flexibility index (Phi) is 3.00. The minimum Gasteiger partial charge on any atom is -0.258 e. The summed E-state index contributed by atoms with van der Waals surface area (Å²) in [6.45, 7) is 0. The van der Waals surface area contributed by atoms with Crippen molar-refractivity contribution in [1.29, 1.82) is 0 Å². The summed E-state index contributed by atoms with van der Waals surface area (Å²) < 4.78 is 37.2. The highest BCUT2D eigenvalue weighted by atomic mass is 19.4. The second-order valence-corrected chi connectivity index (χ2v) is 2.65. The van der Waals surface area contributed by atoms with Gasteiger partial charge in [-0.25, -0.2) is 0 Å². The van der Waals surface area contributed by atoms with Crippen LogP contribution >= 0.6 is 0 Å². The Hall–Kier alpha value is -2.28. The van der Waals surface area contributed by atoms with Crippen LogP contribution in [0.1, 0.15) is 5.56 Å². The molecule has 0 saturated heterocycles. The molecule has 1 rings (SSSR count). The zero-order valence-corrected chi connectivity index (χ0v) is 7.47. The summed E-state index contributed by atoms with van der Waals surface area (Å²) >= 11 is 0. The van der Waals surface area contributed by atoms with Gasteiger partial charge in [-0.3, -0.25) is 10.1 Å². The van der Waals surface area contributed by atoms with Gasteiger partial charge in [-0.1, -0.05) is 5.11 Å². The van der Waals surface area contributed by atoms with Crippen molar-refractivity contribution in [3.05, 3.63) is 44.3 Å². The van der Waals surface area contributed by atoms with Crippen LogP contribution in [0.3, 0.4) is 0 Å². The molecule has 16 heavy (non-hydrogen) atoms. The van der Waals surface area contributed by atoms with Gasteiger partial charge in [-0.05, 0) is 11.6 Å². The van der Waals surface area contributed by atoms with Gasteiger partial charge < -0.3 is 0 Å².